The lowest BCUT2D eigenvalue weighted by molar-refractivity contribution is 0.265. The highest BCUT2D eigenvalue weighted by atomic mass is 35.5. The molecule has 1 unspecified atom stereocenters. The Morgan fingerprint density at radius 2 is 1.89 bits per heavy atom. The molecular formula is C15H9Cl2O. The van der Waals surface area contributed by atoms with Crippen molar-refractivity contribution >= 4 is 23.2 Å². The van der Waals surface area contributed by atoms with Gasteiger partial charge in [-0.1, -0.05) is 47.3 Å². The van der Waals surface area contributed by atoms with E-state index in [1.807, 2.05) is 0 Å². The summed E-state index contributed by atoms with van der Waals surface area (Å²) in [6.07, 6.45) is 4.94. The van der Waals surface area contributed by atoms with E-state index in [0.29, 0.717) is 15.8 Å². The van der Waals surface area contributed by atoms with Crippen molar-refractivity contribution in [2.75, 3.05) is 0 Å². The molecule has 0 spiro atoms. The Balaban J connectivity index is 2.27. The molecule has 0 saturated heterocycles. The molecule has 0 saturated carbocycles. The van der Waals surface area contributed by atoms with Gasteiger partial charge in [0.25, 0.3) is 0 Å². The Morgan fingerprint density at radius 3 is 2.50 bits per heavy atom. The summed E-state index contributed by atoms with van der Waals surface area (Å²) in [4.78, 5) is 0. The van der Waals surface area contributed by atoms with Crippen LogP contribution in [0.3, 0.4) is 0 Å². The fraction of sp³-hybridized carbons (Fsp3) is 0.0667. The van der Waals surface area contributed by atoms with Crippen LogP contribution in [0.15, 0.2) is 42.5 Å². The summed E-state index contributed by atoms with van der Waals surface area (Å²) in [7, 11) is 0. The third-order valence-electron chi connectivity index (χ3n) is 2.34. The average Bonchev–Trinajstić information content (AvgIpc) is 2.38. The van der Waals surface area contributed by atoms with Crippen molar-refractivity contribution in [1.82, 2.24) is 0 Å². The van der Waals surface area contributed by atoms with Crippen molar-refractivity contribution in [3.05, 3.63) is 64.1 Å². The molecule has 1 radical (unpaired) electrons. The predicted molar refractivity (Wildman–Crippen MR) is 73.9 cm³/mol. The van der Waals surface area contributed by atoms with E-state index in [1.165, 1.54) is 0 Å². The van der Waals surface area contributed by atoms with Crippen LogP contribution in [0.2, 0.25) is 10.0 Å². The van der Waals surface area contributed by atoms with Crippen LogP contribution in [0.25, 0.3) is 0 Å². The molecule has 2 aromatic rings. The highest BCUT2D eigenvalue weighted by Gasteiger charge is 2.14. The first-order valence-corrected chi connectivity index (χ1v) is 6.00. The molecule has 2 aromatic carbocycles. The number of halogens is 2. The molecule has 1 nitrogen and oxygen atoms in total. The third-order valence-corrected chi connectivity index (χ3v) is 2.90. The van der Waals surface area contributed by atoms with Crippen molar-refractivity contribution in [3.8, 4) is 18.1 Å². The SMILES string of the molecule is C#CC(Oc1cc[c]cc1)c1ccc(Cl)cc1Cl. The van der Waals surface area contributed by atoms with E-state index in [4.69, 9.17) is 34.4 Å². The van der Waals surface area contributed by atoms with E-state index in [-0.39, 0.29) is 0 Å². The maximum atomic E-state index is 6.10. The van der Waals surface area contributed by atoms with E-state index in [9.17, 15) is 0 Å². The van der Waals surface area contributed by atoms with Gasteiger partial charge < -0.3 is 4.74 Å². The van der Waals surface area contributed by atoms with Crippen LogP contribution in [0.4, 0.5) is 0 Å². The Labute approximate surface area is 116 Å². The van der Waals surface area contributed by atoms with Crippen molar-refractivity contribution in [1.29, 1.82) is 0 Å². The molecular weight excluding hydrogens is 267 g/mol. The van der Waals surface area contributed by atoms with Crippen LogP contribution in [-0.2, 0) is 0 Å². The highest BCUT2D eigenvalue weighted by molar-refractivity contribution is 6.35. The van der Waals surface area contributed by atoms with Crippen LogP contribution < -0.4 is 4.74 Å². The monoisotopic (exact) mass is 275 g/mol. The maximum Gasteiger partial charge on any atom is 0.185 e. The van der Waals surface area contributed by atoms with Crippen molar-refractivity contribution in [3.63, 3.8) is 0 Å². The minimum Gasteiger partial charge on any atom is -0.473 e. The Hall–Kier alpha value is -1.62. The standard InChI is InChI=1S/C15H9Cl2O/c1-2-15(18-12-6-4-3-5-7-12)13-9-8-11(16)10-14(13)17/h1,4-10,15H. The van der Waals surface area contributed by atoms with Gasteiger partial charge in [-0.25, -0.2) is 0 Å². The number of ether oxygens (including phenoxy) is 1. The second-order valence-electron chi connectivity index (χ2n) is 3.57. The van der Waals surface area contributed by atoms with Gasteiger partial charge in [-0.2, -0.15) is 0 Å². The van der Waals surface area contributed by atoms with Crippen LogP contribution in [0, 0.1) is 18.4 Å². The number of hydrogen-bond donors (Lipinski definition) is 0. The summed E-state index contributed by atoms with van der Waals surface area (Å²) in [5.74, 6) is 3.24. The Kier molecular flexibility index (Phi) is 4.15. The van der Waals surface area contributed by atoms with Gasteiger partial charge in [0.05, 0.1) is 0 Å². The third kappa shape index (κ3) is 2.98. The lowest BCUT2D eigenvalue weighted by Crippen LogP contribution is -2.05. The van der Waals surface area contributed by atoms with Gasteiger partial charge >= 0.3 is 0 Å². The molecule has 0 aliphatic heterocycles. The molecule has 0 fully saturated rings. The lowest BCUT2D eigenvalue weighted by Gasteiger charge is -2.15. The fourth-order valence-electron chi connectivity index (χ4n) is 1.49. The van der Waals surface area contributed by atoms with E-state index in [1.54, 1.807) is 42.5 Å². The van der Waals surface area contributed by atoms with Crippen molar-refractivity contribution in [2.24, 2.45) is 0 Å². The number of terminal acetylenes is 1. The first kappa shape index (κ1) is 12.8. The normalized spacial score (nSPS) is 11.6. The number of hydrogen-bond acceptors (Lipinski definition) is 1. The molecule has 1 atom stereocenters. The van der Waals surface area contributed by atoms with Gasteiger partial charge in [0, 0.05) is 15.6 Å². The Bertz CT molecular complexity index is 573. The minimum absolute atomic E-state index is 0.493. The quantitative estimate of drug-likeness (QED) is 0.747. The topological polar surface area (TPSA) is 9.23 Å². The number of benzene rings is 2. The second kappa shape index (κ2) is 5.82. The van der Waals surface area contributed by atoms with E-state index in [0.717, 1.165) is 5.56 Å². The molecule has 18 heavy (non-hydrogen) atoms. The average molecular weight is 276 g/mol. The first-order chi connectivity index (χ1) is 8.70. The fourth-order valence-corrected chi connectivity index (χ4v) is 2.00. The molecule has 0 N–H and O–H groups in total. The zero-order valence-corrected chi connectivity index (χ0v) is 10.9. The van der Waals surface area contributed by atoms with Gasteiger partial charge in [-0.3, -0.25) is 0 Å². The maximum absolute atomic E-state index is 6.10. The van der Waals surface area contributed by atoms with Gasteiger partial charge in [0.15, 0.2) is 6.10 Å². The van der Waals surface area contributed by atoms with Gasteiger partial charge in [-0.05, 0) is 30.3 Å². The zero-order chi connectivity index (χ0) is 13.0. The molecule has 0 heterocycles. The molecule has 3 heteroatoms. The van der Waals surface area contributed by atoms with E-state index < -0.39 is 6.10 Å². The summed E-state index contributed by atoms with van der Waals surface area (Å²) in [5.41, 5.74) is 0.719. The summed E-state index contributed by atoms with van der Waals surface area (Å²) in [5, 5.41) is 1.06. The van der Waals surface area contributed by atoms with Crippen LogP contribution in [0.5, 0.6) is 5.75 Å². The van der Waals surface area contributed by atoms with Crippen molar-refractivity contribution in [2.45, 2.75) is 6.10 Å². The molecule has 89 valence electrons. The van der Waals surface area contributed by atoms with Crippen molar-refractivity contribution < 1.29 is 4.74 Å². The number of rotatable bonds is 3. The van der Waals surface area contributed by atoms with Gasteiger partial charge in [-0.15, -0.1) is 6.42 Å². The summed E-state index contributed by atoms with van der Waals surface area (Å²) < 4.78 is 5.69. The molecule has 0 bridgehead atoms. The highest BCUT2D eigenvalue weighted by Crippen LogP contribution is 2.29. The van der Waals surface area contributed by atoms with E-state index in [2.05, 4.69) is 12.0 Å². The molecule has 0 aliphatic carbocycles. The zero-order valence-electron chi connectivity index (χ0n) is 9.36. The van der Waals surface area contributed by atoms with Crippen LogP contribution in [0.1, 0.15) is 11.7 Å². The Morgan fingerprint density at radius 1 is 1.17 bits per heavy atom. The first-order valence-electron chi connectivity index (χ1n) is 5.24. The van der Waals surface area contributed by atoms with Crippen LogP contribution in [-0.4, -0.2) is 0 Å². The minimum atomic E-state index is -0.544. The predicted octanol–water partition coefficient (Wildman–Crippen LogP) is 4.55. The molecule has 0 aromatic heterocycles. The largest absolute Gasteiger partial charge is 0.473 e. The summed E-state index contributed by atoms with van der Waals surface area (Å²) >= 11 is 11.9. The van der Waals surface area contributed by atoms with Gasteiger partial charge in [0.1, 0.15) is 5.75 Å². The van der Waals surface area contributed by atoms with Gasteiger partial charge in [0.2, 0.25) is 0 Å². The smallest absolute Gasteiger partial charge is 0.185 e. The molecule has 0 amide bonds. The molecule has 0 aliphatic rings. The molecule has 2 rings (SSSR count). The second-order valence-corrected chi connectivity index (χ2v) is 4.41. The summed E-state index contributed by atoms with van der Waals surface area (Å²) in [6, 6.07) is 15.1. The summed E-state index contributed by atoms with van der Waals surface area (Å²) in [6.45, 7) is 0. The van der Waals surface area contributed by atoms with Crippen LogP contribution >= 0.6 is 23.2 Å². The lowest BCUT2D eigenvalue weighted by atomic mass is 10.1. The van der Waals surface area contributed by atoms with E-state index >= 15 is 0 Å².